The van der Waals surface area contributed by atoms with Crippen molar-refractivity contribution in [2.75, 3.05) is 31.1 Å². The van der Waals surface area contributed by atoms with Gasteiger partial charge in [-0.2, -0.15) is 4.31 Å². The Hall–Kier alpha value is -1.71. The summed E-state index contributed by atoms with van der Waals surface area (Å²) in [4.78, 5) is 12.5. The minimum Gasteiger partial charge on any atom is -0.391 e. The topological polar surface area (TPSA) is 104 Å². The lowest BCUT2D eigenvalue weighted by atomic mass is 10.1. The predicted octanol–water partition coefficient (Wildman–Crippen LogP) is 1.59. The Kier molecular flexibility index (Phi) is 5.79. The summed E-state index contributed by atoms with van der Waals surface area (Å²) in [6.07, 6.45) is 0.869. The quantitative estimate of drug-likeness (QED) is 0.612. The van der Waals surface area contributed by atoms with Crippen LogP contribution >= 0.6 is 0 Å². The number of nitro groups is 1. The monoisotopic (exact) mass is 357 g/mol. The van der Waals surface area contributed by atoms with Crippen LogP contribution < -0.4 is 4.90 Å². The van der Waals surface area contributed by atoms with E-state index in [0.29, 0.717) is 38.3 Å². The second-order valence-corrected chi connectivity index (χ2v) is 7.68. The summed E-state index contributed by atoms with van der Waals surface area (Å²) in [5.74, 6) is 0. The summed E-state index contributed by atoms with van der Waals surface area (Å²) in [6, 6.07) is 3.98. The fourth-order valence-electron chi connectivity index (χ4n) is 2.96. The molecule has 1 heterocycles. The molecule has 1 aliphatic heterocycles. The minimum absolute atomic E-state index is 0.0841. The first-order valence-electron chi connectivity index (χ1n) is 8.02. The summed E-state index contributed by atoms with van der Waals surface area (Å²) in [7, 11) is -3.75. The molecule has 0 aromatic heterocycles. The average molecular weight is 357 g/mol. The van der Waals surface area contributed by atoms with Crippen LogP contribution in [0.4, 0.5) is 11.4 Å². The highest BCUT2D eigenvalue weighted by molar-refractivity contribution is 7.89. The van der Waals surface area contributed by atoms with Gasteiger partial charge < -0.3 is 10.0 Å². The van der Waals surface area contributed by atoms with E-state index >= 15 is 0 Å². The van der Waals surface area contributed by atoms with Crippen molar-refractivity contribution in [3.63, 3.8) is 0 Å². The number of aliphatic hydroxyl groups excluding tert-OH is 1. The van der Waals surface area contributed by atoms with Gasteiger partial charge in [-0.3, -0.25) is 10.1 Å². The molecule has 1 saturated heterocycles. The Labute approximate surface area is 141 Å². The first-order valence-corrected chi connectivity index (χ1v) is 9.46. The van der Waals surface area contributed by atoms with E-state index in [1.54, 1.807) is 18.7 Å². The molecule has 0 radical (unpaired) electrons. The van der Waals surface area contributed by atoms with Crippen molar-refractivity contribution in [3.8, 4) is 0 Å². The Balaban J connectivity index is 2.45. The third kappa shape index (κ3) is 3.68. The number of benzene rings is 1. The smallest absolute Gasteiger partial charge is 0.293 e. The van der Waals surface area contributed by atoms with Crippen LogP contribution in [0.15, 0.2) is 23.1 Å². The molecule has 0 saturated carbocycles. The number of sulfonamides is 1. The summed E-state index contributed by atoms with van der Waals surface area (Å²) in [5.41, 5.74) is 0.0922. The molecule has 9 heteroatoms. The molecule has 8 nitrogen and oxygen atoms in total. The van der Waals surface area contributed by atoms with Crippen molar-refractivity contribution in [1.82, 2.24) is 4.31 Å². The molecule has 1 N–H and O–H groups in total. The predicted molar refractivity (Wildman–Crippen MR) is 90.7 cm³/mol. The van der Waals surface area contributed by atoms with Gasteiger partial charge in [-0.05, 0) is 25.0 Å². The standard InChI is InChI=1S/C15H23N3O5S/c1-3-17(4-2)24(22,23)13-7-8-14(15(10-13)18(20)21)16-9-5-6-12(19)11-16/h7-8,10,12,19H,3-6,9,11H2,1-2H3/t12-/m0/s1. The van der Waals surface area contributed by atoms with Crippen LogP contribution in [0.1, 0.15) is 26.7 Å². The Morgan fingerprint density at radius 1 is 1.38 bits per heavy atom. The summed E-state index contributed by atoms with van der Waals surface area (Å²) < 4.78 is 26.4. The number of anilines is 1. The molecule has 0 aliphatic carbocycles. The zero-order chi connectivity index (χ0) is 17.9. The van der Waals surface area contributed by atoms with E-state index in [0.717, 1.165) is 12.5 Å². The molecule has 1 aliphatic rings. The van der Waals surface area contributed by atoms with Gasteiger partial charge in [0.1, 0.15) is 5.69 Å². The number of nitro benzene ring substituents is 1. The van der Waals surface area contributed by atoms with Crippen LogP contribution in [0.3, 0.4) is 0 Å². The number of hydrogen-bond acceptors (Lipinski definition) is 6. The van der Waals surface area contributed by atoms with Crippen LogP contribution in [-0.2, 0) is 10.0 Å². The molecule has 0 unspecified atom stereocenters. The maximum Gasteiger partial charge on any atom is 0.293 e. The molecule has 1 fully saturated rings. The first-order chi connectivity index (χ1) is 11.3. The van der Waals surface area contributed by atoms with Gasteiger partial charge >= 0.3 is 0 Å². The van der Waals surface area contributed by atoms with Crippen molar-refractivity contribution >= 4 is 21.4 Å². The van der Waals surface area contributed by atoms with E-state index in [4.69, 9.17) is 0 Å². The Bertz CT molecular complexity index is 703. The van der Waals surface area contributed by atoms with Gasteiger partial charge in [0.15, 0.2) is 0 Å². The second kappa shape index (κ2) is 7.45. The largest absolute Gasteiger partial charge is 0.391 e. The van der Waals surface area contributed by atoms with E-state index < -0.39 is 21.1 Å². The minimum atomic E-state index is -3.75. The van der Waals surface area contributed by atoms with Crippen molar-refractivity contribution in [2.24, 2.45) is 0 Å². The zero-order valence-electron chi connectivity index (χ0n) is 13.9. The highest BCUT2D eigenvalue weighted by Gasteiger charge is 2.29. The Morgan fingerprint density at radius 3 is 2.58 bits per heavy atom. The molecule has 134 valence electrons. The molecular formula is C15H23N3O5S. The van der Waals surface area contributed by atoms with E-state index in [1.807, 2.05) is 0 Å². The van der Waals surface area contributed by atoms with Crippen molar-refractivity contribution < 1.29 is 18.4 Å². The van der Waals surface area contributed by atoms with Gasteiger partial charge in [0.05, 0.1) is 15.9 Å². The summed E-state index contributed by atoms with van der Waals surface area (Å²) >= 11 is 0. The fraction of sp³-hybridized carbons (Fsp3) is 0.600. The van der Waals surface area contributed by atoms with Gasteiger partial charge in [-0.15, -0.1) is 0 Å². The Morgan fingerprint density at radius 2 is 2.04 bits per heavy atom. The lowest BCUT2D eigenvalue weighted by Crippen LogP contribution is -2.38. The number of hydrogen-bond donors (Lipinski definition) is 1. The van der Waals surface area contributed by atoms with Crippen molar-refractivity contribution in [3.05, 3.63) is 28.3 Å². The normalized spacial score (nSPS) is 18.8. The van der Waals surface area contributed by atoms with Crippen LogP contribution in [0, 0.1) is 10.1 Å². The number of nitrogens with zero attached hydrogens (tertiary/aromatic N) is 3. The summed E-state index contributed by atoms with van der Waals surface area (Å²) in [6.45, 7) is 4.94. The molecule has 1 atom stereocenters. The van der Waals surface area contributed by atoms with E-state index in [-0.39, 0.29) is 10.6 Å². The van der Waals surface area contributed by atoms with E-state index in [1.165, 1.54) is 16.4 Å². The van der Waals surface area contributed by atoms with Crippen molar-refractivity contribution in [2.45, 2.75) is 37.7 Å². The molecule has 1 aromatic carbocycles. The maximum atomic E-state index is 12.6. The second-order valence-electron chi connectivity index (χ2n) is 5.74. The number of β-amino-alcohol motifs (C(OH)–C–C–N with tert-alkyl or cyclic N) is 1. The molecular weight excluding hydrogens is 334 g/mol. The third-order valence-electron chi connectivity index (χ3n) is 4.22. The van der Waals surface area contributed by atoms with E-state index in [9.17, 15) is 23.6 Å². The number of rotatable bonds is 6. The first kappa shape index (κ1) is 18.6. The van der Waals surface area contributed by atoms with Crippen LogP contribution in [0.5, 0.6) is 0 Å². The fourth-order valence-corrected chi connectivity index (χ4v) is 4.44. The van der Waals surface area contributed by atoms with Gasteiger partial charge in [-0.25, -0.2) is 8.42 Å². The lowest BCUT2D eigenvalue weighted by Gasteiger charge is -2.31. The maximum absolute atomic E-state index is 12.6. The molecule has 0 amide bonds. The van der Waals surface area contributed by atoms with Crippen LogP contribution in [-0.4, -0.2) is 55.0 Å². The van der Waals surface area contributed by atoms with E-state index in [2.05, 4.69) is 0 Å². The van der Waals surface area contributed by atoms with Gasteiger partial charge in [0.2, 0.25) is 10.0 Å². The van der Waals surface area contributed by atoms with Crippen molar-refractivity contribution in [1.29, 1.82) is 0 Å². The number of aliphatic hydroxyl groups is 1. The summed E-state index contributed by atoms with van der Waals surface area (Å²) in [5, 5.41) is 21.2. The highest BCUT2D eigenvalue weighted by atomic mass is 32.2. The molecule has 24 heavy (non-hydrogen) atoms. The van der Waals surface area contributed by atoms with Gasteiger partial charge in [-0.1, -0.05) is 13.8 Å². The lowest BCUT2D eigenvalue weighted by molar-refractivity contribution is -0.384. The average Bonchev–Trinajstić information content (AvgIpc) is 2.55. The highest BCUT2D eigenvalue weighted by Crippen LogP contribution is 2.33. The molecule has 0 bridgehead atoms. The van der Waals surface area contributed by atoms with Crippen LogP contribution in [0.25, 0.3) is 0 Å². The van der Waals surface area contributed by atoms with Crippen LogP contribution in [0.2, 0.25) is 0 Å². The third-order valence-corrected chi connectivity index (χ3v) is 6.27. The van der Waals surface area contributed by atoms with Gasteiger partial charge in [0.25, 0.3) is 5.69 Å². The molecule has 1 aromatic rings. The SMILES string of the molecule is CCN(CC)S(=O)(=O)c1ccc(N2CCC[C@H](O)C2)c([N+](=O)[O-])c1. The molecule has 2 rings (SSSR count). The van der Waals surface area contributed by atoms with Gasteiger partial charge in [0, 0.05) is 32.2 Å². The number of piperidine rings is 1. The molecule has 0 spiro atoms. The zero-order valence-corrected chi connectivity index (χ0v) is 14.7.